The van der Waals surface area contributed by atoms with Gasteiger partial charge in [-0.1, -0.05) is 0 Å². The molecule has 6 nitrogen and oxygen atoms in total. The monoisotopic (exact) mass is 217 g/mol. The first-order valence-corrected chi connectivity index (χ1v) is 4.69. The van der Waals surface area contributed by atoms with Gasteiger partial charge in [0, 0.05) is 7.05 Å². The lowest BCUT2D eigenvalue weighted by Crippen LogP contribution is -2.51. The maximum Gasteiger partial charge on any atom is 0.242 e. The number of aliphatic hydroxyl groups excluding tert-OH is 1. The van der Waals surface area contributed by atoms with E-state index in [1.807, 2.05) is 0 Å². The van der Waals surface area contributed by atoms with Crippen molar-refractivity contribution in [3.05, 3.63) is 0 Å². The summed E-state index contributed by atoms with van der Waals surface area (Å²) in [7, 11) is 1.58. The fraction of sp³-hybridized carbons (Fsp3) is 0.778. The number of carbonyl (C=O) groups is 2. The van der Waals surface area contributed by atoms with Crippen molar-refractivity contribution in [2.75, 3.05) is 26.7 Å². The molecule has 0 saturated carbocycles. The highest BCUT2D eigenvalue weighted by Gasteiger charge is 2.26. The molecule has 0 unspecified atom stereocenters. The Morgan fingerprint density at radius 1 is 1.47 bits per heavy atom. The van der Waals surface area contributed by atoms with E-state index in [2.05, 4.69) is 5.32 Å². The summed E-state index contributed by atoms with van der Waals surface area (Å²) >= 11 is 0. The van der Waals surface area contributed by atoms with E-state index in [0.717, 1.165) is 0 Å². The van der Waals surface area contributed by atoms with Gasteiger partial charge < -0.3 is 21.1 Å². The first-order valence-electron chi connectivity index (χ1n) is 4.69. The summed E-state index contributed by atoms with van der Waals surface area (Å²) in [5.41, 5.74) is 4.43. The standard InChI is InChI=1S/C9H19N3O3/c1-9(2,6-13)12(3)8(15)5-11-7(14)4-10/h13H,4-6,10H2,1-3H3,(H,11,14). The number of aliphatic hydroxyl groups is 1. The Labute approximate surface area is 89.4 Å². The van der Waals surface area contributed by atoms with Crippen LogP contribution in [0, 0.1) is 0 Å². The van der Waals surface area contributed by atoms with Gasteiger partial charge >= 0.3 is 0 Å². The lowest BCUT2D eigenvalue weighted by Gasteiger charge is -2.33. The van der Waals surface area contributed by atoms with Gasteiger partial charge in [0.15, 0.2) is 0 Å². The van der Waals surface area contributed by atoms with E-state index in [-0.39, 0.29) is 31.5 Å². The van der Waals surface area contributed by atoms with Crippen molar-refractivity contribution in [3.8, 4) is 0 Å². The molecule has 0 saturated heterocycles. The Kier molecular flexibility index (Phi) is 5.24. The number of carbonyl (C=O) groups excluding carboxylic acids is 2. The number of likely N-dealkylation sites (N-methyl/N-ethyl adjacent to an activating group) is 1. The van der Waals surface area contributed by atoms with Crippen molar-refractivity contribution in [2.45, 2.75) is 19.4 Å². The normalized spacial score (nSPS) is 11.0. The minimum atomic E-state index is -0.634. The number of hydrogen-bond donors (Lipinski definition) is 3. The van der Waals surface area contributed by atoms with Gasteiger partial charge in [0.05, 0.1) is 25.2 Å². The third-order valence-corrected chi connectivity index (χ3v) is 2.29. The molecule has 4 N–H and O–H groups in total. The van der Waals surface area contributed by atoms with Crippen LogP contribution < -0.4 is 11.1 Å². The first-order chi connectivity index (χ1) is 6.85. The highest BCUT2D eigenvalue weighted by Crippen LogP contribution is 2.10. The Balaban J connectivity index is 4.16. The number of rotatable bonds is 5. The molecule has 0 aliphatic carbocycles. The van der Waals surface area contributed by atoms with E-state index >= 15 is 0 Å². The summed E-state index contributed by atoms with van der Waals surface area (Å²) in [6, 6.07) is 0. The minimum Gasteiger partial charge on any atom is -0.394 e. The van der Waals surface area contributed by atoms with Gasteiger partial charge in [-0.15, -0.1) is 0 Å². The van der Waals surface area contributed by atoms with Crippen molar-refractivity contribution >= 4 is 11.8 Å². The van der Waals surface area contributed by atoms with Gasteiger partial charge in [-0.25, -0.2) is 0 Å². The Morgan fingerprint density at radius 3 is 2.40 bits per heavy atom. The summed E-state index contributed by atoms with van der Waals surface area (Å²) < 4.78 is 0. The molecule has 0 aromatic carbocycles. The van der Waals surface area contributed by atoms with Crippen LogP contribution in [0.1, 0.15) is 13.8 Å². The molecule has 0 aliphatic rings. The first kappa shape index (κ1) is 13.9. The predicted octanol–water partition coefficient (Wildman–Crippen LogP) is -1.71. The predicted molar refractivity (Wildman–Crippen MR) is 56.0 cm³/mol. The summed E-state index contributed by atoms with van der Waals surface area (Å²) in [5, 5.41) is 11.4. The fourth-order valence-corrected chi connectivity index (χ4v) is 0.809. The van der Waals surface area contributed by atoms with Crippen LogP contribution in [0.4, 0.5) is 0 Å². The number of nitrogens with zero attached hydrogens (tertiary/aromatic N) is 1. The van der Waals surface area contributed by atoms with Crippen molar-refractivity contribution < 1.29 is 14.7 Å². The fourth-order valence-electron chi connectivity index (χ4n) is 0.809. The van der Waals surface area contributed by atoms with Gasteiger partial charge in [-0.05, 0) is 13.8 Å². The Morgan fingerprint density at radius 2 is 2.00 bits per heavy atom. The van der Waals surface area contributed by atoms with E-state index in [9.17, 15) is 9.59 Å². The second-order valence-electron chi connectivity index (χ2n) is 3.90. The van der Waals surface area contributed by atoms with Crippen LogP contribution in [0.15, 0.2) is 0 Å². The Bertz CT molecular complexity index is 241. The topological polar surface area (TPSA) is 95.7 Å². The van der Waals surface area contributed by atoms with Crippen LogP contribution in [-0.2, 0) is 9.59 Å². The molecule has 0 heterocycles. The van der Waals surface area contributed by atoms with Crippen LogP contribution in [0.25, 0.3) is 0 Å². The molecule has 0 bridgehead atoms. The lowest BCUT2D eigenvalue weighted by atomic mass is 10.1. The zero-order chi connectivity index (χ0) is 12.1. The SMILES string of the molecule is CN(C(=O)CNC(=O)CN)C(C)(C)CO. The minimum absolute atomic E-state index is 0.101. The smallest absolute Gasteiger partial charge is 0.242 e. The molecule has 0 aromatic heterocycles. The molecule has 2 amide bonds. The van der Waals surface area contributed by atoms with Crippen LogP contribution in [0.3, 0.4) is 0 Å². The molecule has 88 valence electrons. The number of nitrogens with two attached hydrogens (primary N) is 1. The summed E-state index contributed by atoms with van der Waals surface area (Å²) in [6.07, 6.45) is 0. The molecule has 0 spiro atoms. The Hall–Kier alpha value is -1.14. The van der Waals surface area contributed by atoms with Gasteiger partial charge in [0.25, 0.3) is 0 Å². The van der Waals surface area contributed by atoms with Gasteiger partial charge in [0.1, 0.15) is 0 Å². The molecule has 6 heteroatoms. The summed E-state index contributed by atoms with van der Waals surface area (Å²) in [4.78, 5) is 23.7. The van der Waals surface area contributed by atoms with E-state index in [1.54, 1.807) is 20.9 Å². The van der Waals surface area contributed by atoms with Crippen LogP contribution >= 0.6 is 0 Å². The third kappa shape index (κ3) is 4.26. The zero-order valence-electron chi connectivity index (χ0n) is 9.41. The zero-order valence-corrected chi connectivity index (χ0v) is 9.41. The third-order valence-electron chi connectivity index (χ3n) is 2.29. The lowest BCUT2D eigenvalue weighted by molar-refractivity contribution is -0.136. The van der Waals surface area contributed by atoms with Crippen LogP contribution in [-0.4, -0.2) is 54.1 Å². The molecule has 15 heavy (non-hydrogen) atoms. The maximum atomic E-state index is 11.5. The van der Waals surface area contributed by atoms with E-state index in [4.69, 9.17) is 10.8 Å². The average molecular weight is 217 g/mol. The van der Waals surface area contributed by atoms with Crippen LogP contribution in [0.2, 0.25) is 0 Å². The van der Waals surface area contributed by atoms with Crippen molar-refractivity contribution in [3.63, 3.8) is 0 Å². The highest BCUT2D eigenvalue weighted by molar-refractivity contribution is 5.85. The van der Waals surface area contributed by atoms with Gasteiger partial charge in [-0.3, -0.25) is 9.59 Å². The molecule has 0 aliphatic heterocycles. The largest absolute Gasteiger partial charge is 0.394 e. The summed E-state index contributed by atoms with van der Waals surface area (Å²) in [6.45, 7) is 3.09. The summed E-state index contributed by atoms with van der Waals surface area (Å²) in [5.74, 6) is -0.644. The van der Waals surface area contributed by atoms with Crippen LogP contribution in [0.5, 0.6) is 0 Å². The van der Waals surface area contributed by atoms with Gasteiger partial charge in [0.2, 0.25) is 11.8 Å². The number of nitrogens with one attached hydrogen (secondary N) is 1. The van der Waals surface area contributed by atoms with E-state index in [1.165, 1.54) is 4.90 Å². The van der Waals surface area contributed by atoms with E-state index < -0.39 is 5.54 Å². The maximum absolute atomic E-state index is 11.5. The van der Waals surface area contributed by atoms with Crippen molar-refractivity contribution in [1.29, 1.82) is 0 Å². The molecular formula is C9H19N3O3. The molecule has 0 aromatic rings. The second kappa shape index (κ2) is 5.67. The number of hydrogen-bond acceptors (Lipinski definition) is 4. The van der Waals surface area contributed by atoms with Gasteiger partial charge in [-0.2, -0.15) is 0 Å². The van der Waals surface area contributed by atoms with Crippen molar-refractivity contribution in [1.82, 2.24) is 10.2 Å². The average Bonchev–Trinajstić information content (AvgIpc) is 2.23. The van der Waals surface area contributed by atoms with Crippen molar-refractivity contribution in [2.24, 2.45) is 5.73 Å². The highest BCUT2D eigenvalue weighted by atomic mass is 16.3. The second-order valence-corrected chi connectivity index (χ2v) is 3.90. The van der Waals surface area contributed by atoms with E-state index in [0.29, 0.717) is 0 Å². The molecule has 0 rings (SSSR count). The quantitative estimate of drug-likeness (QED) is 0.511. The molecule has 0 radical (unpaired) electrons. The number of amides is 2. The molecule has 0 atom stereocenters. The molecular weight excluding hydrogens is 198 g/mol. The molecule has 0 fully saturated rings.